The minimum atomic E-state index is -0.155. The third-order valence-corrected chi connectivity index (χ3v) is 11.0. The Bertz CT molecular complexity index is 569. The molecular weight excluding hydrogens is 320 g/mol. The van der Waals surface area contributed by atoms with E-state index in [1.807, 2.05) is 6.92 Å². The Labute approximate surface area is 161 Å². The normalized spacial score (nSPS) is 57.0. The summed E-state index contributed by atoms with van der Waals surface area (Å²) in [6.07, 6.45) is 9.62. The minimum absolute atomic E-state index is 0.0455. The molecule has 4 fully saturated rings. The summed E-state index contributed by atoms with van der Waals surface area (Å²) < 4.78 is 0. The van der Waals surface area contributed by atoms with Gasteiger partial charge in [0.2, 0.25) is 0 Å². The van der Waals surface area contributed by atoms with Gasteiger partial charge in [-0.1, -0.05) is 34.6 Å². The van der Waals surface area contributed by atoms with Crippen molar-refractivity contribution in [2.45, 2.75) is 105 Å². The first kappa shape index (κ1) is 19.2. The first-order valence-corrected chi connectivity index (χ1v) is 11.3. The highest BCUT2D eigenvalue weighted by atomic mass is 16.3. The van der Waals surface area contributed by atoms with Gasteiger partial charge in [0.05, 0.1) is 12.2 Å². The van der Waals surface area contributed by atoms with E-state index in [1.54, 1.807) is 0 Å². The molecule has 4 aliphatic rings. The second kappa shape index (κ2) is 5.72. The van der Waals surface area contributed by atoms with E-state index >= 15 is 0 Å². The summed E-state index contributed by atoms with van der Waals surface area (Å²) in [7, 11) is 0. The third-order valence-electron chi connectivity index (χ3n) is 11.0. The predicted octanol–water partition coefficient (Wildman–Crippen LogP) is 5.41. The SMILES string of the molecule is CC(O)C1CC[C@]2(C)[C@@H]1CC[C@@H]1[C@@]3(C)CC[C@H](O)C(C)(C)[C@@H]3CC[C@]12C. The van der Waals surface area contributed by atoms with Crippen LogP contribution < -0.4 is 0 Å². The molecular formula is C24H42O2. The first-order chi connectivity index (χ1) is 12.0. The van der Waals surface area contributed by atoms with E-state index in [9.17, 15) is 10.2 Å². The lowest BCUT2D eigenvalue weighted by atomic mass is 9.35. The molecule has 0 aliphatic heterocycles. The maximum atomic E-state index is 10.7. The molecule has 26 heavy (non-hydrogen) atoms. The van der Waals surface area contributed by atoms with Gasteiger partial charge in [0.1, 0.15) is 0 Å². The van der Waals surface area contributed by atoms with Crippen LogP contribution in [0.5, 0.6) is 0 Å². The van der Waals surface area contributed by atoms with Crippen molar-refractivity contribution >= 4 is 0 Å². The minimum Gasteiger partial charge on any atom is -0.393 e. The Morgan fingerprint density at radius 2 is 1.42 bits per heavy atom. The summed E-state index contributed by atoms with van der Waals surface area (Å²) in [5.41, 5.74) is 1.19. The topological polar surface area (TPSA) is 40.5 Å². The van der Waals surface area contributed by atoms with Crippen LogP contribution >= 0.6 is 0 Å². The maximum absolute atomic E-state index is 10.7. The Kier molecular flexibility index (Phi) is 4.24. The van der Waals surface area contributed by atoms with Crippen molar-refractivity contribution < 1.29 is 10.2 Å². The third kappa shape index (κ3) is 2.18. The van der Waals surface area contributed by atoms with Crippen molar-refractivity contribution in [3.8, 4) is 0 Å². The molecule has 0 saturated heterocycles. The van der Waals surface area contributed by atoms with Gasteiger partial charge in [0.15, 0.2) is 0 Å². The van der Waals surface area contributed by atoms with Gasteiger partial charge >= 0.3 is 0 Å². The molecule has 150 valence electrons. The molecule has 0 heterocycles. The van der Waals surface area contributed by atoms with Gasteiger partial charge in [-0.15, -0.1) is 0 Å². The van der Waals surface area contributed by atoms with Crippen molar-refractivity contribution in [2.24, 2.45) is 45.3 Å². The van der Waals surface area contributed by atoms with Gasteiger partial charge in [0.25, 0.3) is 0 Å². The summed E-state index contributed by atoms with van der Waals surface area (Å²) in [4.78, 5) is 0. The summed E-state index contributed by atoms with van der Waals surface area (Å²) in [5.74, 6) is 2.62. The fraction of sp³-hybridized carbons (Fsp3) is 1.00. The average Bonchev–Trinajstić information content (AvgIpc) is 2.90. The zero-order valence-corrected chi connectivity index (χ0v) is 18.0. The van der Waals surface area contributed by atoms with Gasteiger partial charge < -0.3 is 10.2 Å². The number of rotatable bonds is 1. The van der Waals surface area contributed by atoms with Crippen LogP contribution in [-0.4, -0.2) is 22.4 Å². The number of hydrogen-bond acceptors (Lipinski definition) is 2. The van der Waals surface area contributed by atoms with Crippen LogP contribution in [0.4, 0.5) is 0 Å². The van der Waals surface area contributed by atoms with Crippen molar-refractivity contribution in [1.82, 2.24) is 0 Å². The first-order valence-electron chi connectivity index (χ1n) is 11.3. The molecule has 0 amide bonds. The Morgan fingerprint density at radius 1 is 0.769 bits per heavy atom. The average molecular weight is 363 g/mol. The van der Waals surface area contributed by atoms with Crippen molar-refractivity contribution in [3.63, 3.8) is 0 Å². The molecule has 0 aromatic heterocycles. The highest BCUT2D eigenvalue weighted by Gasteiger charge is 2.68. The van der Waals surface area contributed by atoms with Gasteiger partial charge in [-0.3, -0.25) is 0 Å². The van der Waals surface area contributed by atoms with E-state index < -0.39 is 0 Å². The summed E-state index contributed by atoms with van der Waals surface area (Å²) >= 11 is 0. The second-order valence-corrected chi connectivity index (χ2v) is 12.0. The molecule has 0 aromatic rings. The zero-order valence-electron chi connectivity index (χ0n) is 18.0. The van der Waals surface area contributed by atoms with Crippen molar-refractivity contribution in [2.75, 3.05) is 0 Å². The molecule has 9 atom stereocenters. The smallest absolute Gasteiger partial charge is 0.0594 e. The van der Waals surface area contributed by atoms with Crippen LogP contribution in [-0.2, 0) is 0 Å². The Hall–Kier alpha value is -0.0800. The fourth-order valence-electron chi connectivity index (χ4n) is 9.36. The lowest BCUT2D eigenvalue weighted by molar-refractivity contribution is -0.222. The number of aliphatic hydroxyl groups excluding tert-OH is 2. The highest BCUT2D eigenvalue weighted by Crippen LogP contribution is 2.75. The van der Waals surface area contributed by atoms with Crippen molar-refractivity contribution in [3.05, 3.63) is 0 Å². The van der Waals surface area contributed by atoms with Crippen molar-refractivity contribution in [1.29, 1.82) is 0 Å². The molecule has 0 radical (unpaired) electrons. The lowest BCUT2D eigenvalue weighted by Gasteiger charge is -2.69. The molecule has 4 saturated carbocycles. The fourth-order valence-corrected chi connectivity index (χ4v) is 9.36. The molecule has 0 bridgehead atoms. The monoisotopic (exact) mass is 362 g/mol. The molecule has 2 heteroatoms. The van der Waals surface area contributed by atoms with Gasteiger partial charge in [0, 0.05) is 0 Å². The summed E-state index contributed by atoms with van der Waals surface area (Å²) in [5, 5.41) is 21.1. The van der Waals surface area contributed by atoms with E-state index in [-0.39, 0.29) is 17.6 Å². The zero-order chi connectivity index (χ0) is 19.1. The van der Waals surface area contributed by atoms with E-state index in [0.717, 1.165) is 12.3 Å². The number of aliphatic hydroxyl groups is 2. The van der Waals surface area contributed by atoms with Crippen LogP contribution in [0.15, 0.2) is 0 Å². The van der Waals surface area contributed by atoms with E-state index in [2.05, 4.69) is 34.6 Å². The van der Waals surface area contributed by atoms with Crippen LogP contribution in [0.3, 0.4) is 0 Å². The molecule has 4 rings (SSSR count). The van der Waals surface area contributed by atoms with Gasteiger partial charge in [-0.25, -0.2) is 0 Å². The maximum Gasteiger partial charge on any atom is 0.0594 e. The van der Waals surface area contributed by atoms with E-state index in [4.69, 9.17) is 0 Å². The molecule has 2 N–H and O–H groups in total. The quantitative estimate of drug-likeness (QED) is 0.654. The predicted molar refractivity (Wildman–Crippen MR) is 107 cm³/mol. The molecule has 0 aromatic carbocycles. The highest BCUT2D eigenvalue weighted by molar-refractivity contribution is 5.17. The molecule has 2 unspecified atom stereocenters. The molecule has 4 aliphatic carbocycles. The number of hydrogen-bond donors (Lipinski definition) is 2. The van der Waals surface area contributed by atoms with Crippen LogP contribution in [0.2, 0.25) is 0 Å². The number of fused-ring (bicyclic) bond motifs is 5. The summed E-state index contributed by atoms with van der Waals surface area (Å²) in [6.45, 7) is 14.5. The van der Waals surface area contributed by atoms with Crippen LogP contribution in [0, 0.1) is 45.3 Å². The molecule has 2 nitrogen and oxygen atoms in total. The summed E-state index contributed by atoms with van der Waals surface area (Å²) in [6, 6.07) is 0. The largest absolute Gasteiger partial charge is 0.393 e. The Balaban J connectivity index is 1.72. The van der Waals surface area contributed by atoms with Crippen LogP contribution in [0.1, 0.15) is 92.9 Å². The standard InChI is InChI=1S/C24H42O2/c1-15(25)16-9-13-23(5)17(16)7-8-19-22(4)12-11-20(26)21(2,3)18(22)10-14-24(19,23)6/h15-20,25-26H,7-14H2,1-6H3/t15?,16?,17-,18+,19-,20+,22+,23-,24-/m1/s1. The van der Waals surface area contributed by atoms with Gasteiger partial charge in [-0.05, 0) is 104 Å². The van der Waals surface area contributed by atoms with Crippen LogP contribution in [0.25, 0.3) is 0 Å². The second-order valence-electron chi connectivity index (χ2n) is 12.0. The Morgan fingerprint density at radius 3 is 2.08 bits per heavy atom. The van der Waals surface area contributed by atoms with E-state index in [1.165, 1.54) is 44.9 Å². The van der Waals surface area contributed by atoms with Gasteiger partial charge in [-0.2, -0.15) is 0 Å². The van der Waals surface area contributed by atoms with E-state index in [0.29, 0.717) is 34.0 Å². The molecule has 0 spiro atoms. The lowest BCUT2D eigenvalue weighted by Crippen LogP contribution is -2.63.